The summed E-state index contributed by atoms with van der Waals surface area (Å²) in [6, 6.07) is 8.27. The van der Waals surface area contributed by atoms with Crippen molar-refractivity contribution in [3.8, 4) is 0 Å². The molecule has 8 heteroatoms. The second kappa shape index (κ2) is 8.24. The van der Waals surface area contributed by atoms with E-state index in [9.17, 15) is 18.0 Å². The molecule has 0 spiro atoms. The molecule has 4 rings (SSSR count). The Morgan fingerprint density at radius 3 is 2.32 bits per heavy atom. The summed E-state index contributed by atoms with van der Waals surface area (Å²) in [6.45, 7) is 5.42. The number of hydrogen-bond acceptors (Lipinski definition) is 6. The first-order valence-electron chi connectivity index (χ1n) is 10.4. The Kier molecular flexibility index (Phi) is 5.79. The van der Waals surface area contributed by atoms with Crippen molar-refractivity contribution in [3.63, 3.8) is 0 Å². The van der Waals surface area contributed by atoms with Crippen LogP contribution in [0.2, 0.25) is 0 Å². The van der Waals surface area contributed by atoms with Crippen molar-refractivity contribution in [3.05, 3.63) is 56.8 Å². The average Bonchev–Trinajstić information content (AvgIpc) is 3.06. The normalized spacial score (nSPS) is 15.3. The second-order valence-electron chi connectivity index (χ2n) is 8.26. The molecule has 0 bridgehead atoms. The first kappa shape index (κ1) is 21.8. The van der Waals surface area contributed by atoms with E-state index in [1.807, 2.05) is 19.1 Å². The van der Waals surface area contributed by atoms with Crippen LogP contribution in [-0.4, -0.2) is 14.3 Å². The topological polar surface area (TPSA) is 84.7 Å². The highest BCUT2D eigenvalue weighted by Gasteiger charge is 2.37. The van der Waals surface area contributed by atoms with Gasteiger partial charge in [-0.1, -0.05) is 48.3 Å². The summed E-state index contributed by atoms with van der Waals surface area (Å²) in [5, 5.41) is 0. The zero-order chi connectivity index (χ0) is 22.3. The quantitative estimate of drug-likeness (QED) is 0.543. The van der Waals surface area contributed by atoms with E-state index in [1.165, 1.54) is 6.07 Å². The SMILES string of the molecule is Cc1cc(C)c(S(=O)(=O)N(C(=O)C2CCCCC2)c2ccc3oc(=O)sc3c2)c(C)c1. The Morgan fingerprint density at radius 1 is 1.03 bits per heavy atom. The molecular formula is C23H25NO5S2. The second-order valence-corrected chi connectivity index (χ2v) is 11.0. The van der Waals surface area contributed by atoms with Crippen LogP contribution in [0.3, 0.4) is 0 Å². The molecule has 1 heterocycles. The fraction of sp³-hybridized carbons (Fsp3) is 0.391. The first-order valence-corrected chi connectivity index (χ1v) is 12.6. The maximum atomic E-state index is 13.9. The molecule has 0 atom stereocenters. The van der Waals surface area contributed by atoms with Crippen molar-refractivity contribution < 1.29 is 17.6 Å². The van der Waals surface area contributed by atoms with Crippen molar-refractivity contribution in [1.82, 2.24) is 0 Å². The molecule has 0 N–H and O–H groups in total. The number of sulfonamides is 1. The third kappa shape index (κ3) is 4.06. The van der Waals surface area contributed by atoms with Gasteiger partial charge < -0.3 is 4.42 Å². The van der Waals surface area contributed by atoms with E-state index in [2.05, 4.69) is 0 Å². The molecule has 0 radical (unpaired) electrons. The van der Waals surface area contributed by atoms with Gasteiger partial charge >= 0.3 is 4.94 Å². The molecule has 31 heavy (non-hydrogen) atoms. The van der Waals surface area contributed by atoms with Gasteiger partial charge in [0, 0.05) is 5.92 Å². The number of amides is 1. The Labute approximate surface area is 185 Å². The number of aryl methyl sites for hydroxylation is 3. The van der Waals surface area contributed by atoms with Gasteiger partial charge in [0.05, 0.1) is 15.3 Å². The fourth-order valence-electron chi connectivity index (χ4n) is 4.55. The largest absolute Gasteiger partial charge is 0.414 e. The van der Waals surface area contributed by atoms with Gasteiger partial charge in [0.25, 0.3) is 10.0 Å². The molecule has 1 amide bonds. The van der Waals surface area contributed by atoms with Gasteiger partial charge in [-0.3, -0.25) is 4.79 Å². The Balaban J connectivity index is 1.90. The average molecular weight is 460 g/mol. The fourth-order valence-corrected chi connectivity index (χ4v) is 7.14. The molecule has 1 aromatic heterocycles. The van der Waals surface area contributed by atoms with Crippen molar-refractivity contribution in [2.75, 3.05) is 4.31 Å². The van der Waals surface area contributed by atoms with Crippen LogP contribution in [0.1, 0.15) is 48.8 Å². The van der Waals surface area contributed by atoms with Crippen molar-refractivity contribution in [1.29, 1.82) is 0 Å². The van der Waals surface area contributed by atoms with Gasteiger partial charge in [-0.05, 0) is 62.9 Å². The maximum absolute atomic E-state index is 13.9. The highest BCUT2D eigenvalue weighted by molar-refractivity contribution is 7.93. The lowest BCUT2D eigenvalue weighted by molar-refractivity contribution is -0.122. The number of carbonyl (C=O) groups excluding carboxylic acids is 1. The van der Waals surface area contributed by atoms with Gasteiger partial charge in [0.1, 0.15) is 5.58 Å². The van der Waals surface area contributed by atoms with Crippen LogP contribution in [0.4, 0.5) is 5.69 Å². The molecule has 1 aliphatic rings. The summed E-state index contributed by atoms with van der Waals surface area (Å²) in [7, 11) is -4.16. The van der Waals surface area contributed by atoms with Crippen LogP contribution in [0.5, 0.6) is 0 Å². The summed E-state index contributed by atoms with van der Waals surface area (Å²) in [6.07, 6.45) is 4.24. The molecule has 6 nitrogen and oxygen atoms in total. The minimum absolute atomic E-state index is 0.155. The molecule has 1 fully saturated rings. The summed E-state index contributed by atoms with van der Waals surface area (Å²) in [5.74, 6) is -0.748. The first-order chi connectivity index (χ1) is 14.7. The van der Waals surface area contributed by atoms with Crippen LogP contribution in [0.15, 0.2) is 44.4 Å². The van der Waals surface area contributed by atoms with Gasteiger partial charge in [-0.25, -0.2) is 17.5 Å². The van der Waals surface area contributed by atoms with Gasteiger partial charge in [0.2, 0.25) is 5.91 Å². The minimum atomic E-state index is -4.16. The predicted molar refractivity (Wildman–Crippen MR) is 122 cm³/mol. The lowest BCUT2D eigenvalue weighted by Crippen LogP contribution is -2.42. The standard InChI is InChI=1S/C23H25NO5S2/c1-14-11-15(2)21(16(3)12-14)31(27,28)24(22(25)17-7-5-4-6-8-17)18-9-10-19-20(13-18)30-23(26)29-19/h9-13,17H,4-8H2,1-3H3. The molecule has 0 unspecified atom stereocenters. The lowest BCUT2D eigenvalue weighted by atomic mass is 9.88. The van der Waals surface area contributed by atoms with Crippen molar-refractivity contribution >= 4 is 43.2 Å². The van der Waals surface area contributed by atoms with E-state index in [-0.39, 0.29) is 16.5 Å². The van der Waals surface area contributed by atoms with E-state index in [1.54, 1.807) is 26.0 Å². The molecular weight excluding hydrogens is 434 g/mol. The highest BCUT2D eigenvalue weighted by atomic mass is 32.2. The third-order valence-electron chi connectivity index (χ3n) is 5.81. The molecule has 2 aromatic carbocycles. The summed E-state index contributed by atoms with van der Waals surface area (Å²) in [5.41, 5.74) is 2.79. The van der Waals surface area contributed by atoms with Crippen LogP contribution in [0.25, 0.3) is 10.3 Å². The number of anilines is 1. The molecule has 0 aliphatic heterocycles. The number of fused-ring (bicyclic) bond motifs is 1. The van der Waals surface area contributed by atoms with E-state index in [4.69, 9.17) is 4.42 Å². The number of rotatable bonds is 4. The van der Waals surface area contributed by atoms with E-state index < -0.39 is 20.9 Å². The maximum Gasteiger partial charge on any atom is 0.396 e. The van der Waals surface area contributed by atoms with E-state index >= 15 is 0 Å². The van der Waals surface area contributed by atoms with Crippen LogP contribution < -0.4 is 9.24 Å². The van der Waals surface area contributed by atoms with Crippen molar-refractivity contribution in [2.24, 2.45) is 5.92 Å². The molecule has 1 aliphatic carbocycles. The Hall–Kier alpha value is -2.45. The molecule has 1 saturated carbocycles. The smallest absolute Gasteiger partial charge is 0.396 e. The Bertz CT molecular complexity index is 1290. The van der Waals surface area contributed by atoms with Gasteiger partial charge in [-0.15, -0.1) is 0 Å². The van der Waals surface area contributed by atoms with E-state index in [0.29, 0.717) is 34.3 Å². The number of carbonyl (C=O) groups is 1. The van der Waals surface area contributed by atoms with E-state index in [0.717, 1.165) is 40.5 Å². The van der Waals surface area contributed by atoms with Gasteiger partial charge in [-0.2, -0.15) is 0 Å². The predicted octanol–water partition coefficient (Wildman–Crippen LogP) is 5.08. The zero-order valence-corrected chi connectivity index (χ0v) is 19.4. The Morgan fingerprint density at radius 2 is 1.68 bits per heavy atom. The van der Waals surface area contributed by atoms with Crippen molar-refractivity contribution in [2.45, 2.75) is 57.8 Å². The molecule has 0 saturated heterocycles. The van der Waals surface area contributed by atoms with Crippen LogP contribution in [0, 0.1) is 26.7 Å². The summed E-state index contributed by atoms with van der Waals surface area (Å²) < 4.78 is 34.4. The summed E-state index contributed by atoms with van der Waals surface area (Å²) in [4.78, 5) is 24.9. The van der Waals surface area contributed by atoms with Crippen LogP contribution >= 0.6 is 11.3 Å². The number of nitrogens with zero attached hydrogens (tertiary/aromatic N) is 1. The number of benzene rings is 2. The lowest BCUT2D eigenvalue weighted by Gasteiger charge is -2.30. The number of hydrogen-bond donors (Lipinski definition) is 0. The zero-order valence-electron chi connectivity index (χ0n) is 17.8. The minimum Gasteiger partial charge on any atom is -0.414 e. The highest BCUT2D eigenvalue weighted by Crippen LogP contribution is 2.35. The molecule has 3 aromatic rings. The molecule has 164 valence electrons. The van der Waals surface area contributed by atoms with Gasteiger partial charge in [0.15, 0.2) is 0 Å². The summed E-state index contributed by atoms with van der Waals surface area (Å²) >= 11 is 0.891. The monoisotopic (exact) mass is 459 g/mol. The third-order valence-corrected chi connectivity index (χ3v) is 8.63. The van der Waals surface area contributed by atoms with Crippen LogP contribution in [-0.2, 0) is 14.8 Å².